The van der Waals surface area contributed by atoms with E-state index in [-0.39, 0.29) is 12.0 Å². The molecule has 0 amide bonds. The molecule has 5 heteroatoms. The van der Waals surface area contributed by atoms with Crippen molar-refractivity contribution in [1.82, 2.24) is 0 Å². The average molecular weight is 341 g/mol. The van der Waals surface area contributed by atoms with Crippen molar-refractivity contribution in [2.24, 2.45) is 0 Å². The van der Waals surface area contributed by atoms with Crippen LogP contribution in [0.1, 0.15) is 17.0 Å². The van der Waals surface area contributed by atoms with Gasteiger partial charge in [0.15, 0.2) is 11.6 Å². The van der Waals surface area contributed by atoms with Gasteiger partial charge in [-0.15, -0.1) is 0 Å². The lowest BCUT2D eigenvalue weighted by atomic mass is 9.92. The predicted octanol–water partition coefficient (Wildman–Crippen LogP) is 4.14. The number of carboxylic acids is 1. The number of benzene rings is 2. The average Bonchev–Trinajstić information content (AvgIpc) is 2.41. The summed E-state index contributed by atoms with van der Waals surface area (Å²) in [4.78, 5) is 11.4. The summed E-state index contributed by atoms with van der Waals surface area (Å²) in [6.07, 6.45) is -0.0967. The lowest BCUT2D eigenvalue weighted by Crippen LogP contribution is -2.15. The van der Waals surface area contributed by atoms with Gasteiger partial charge >= 0.3 is 5.97 Å². The van der Waals surface area contributed by atoms with Crippen molar-refractivity contribution in [3.8, 4) is 0 Å². The first-order valence-electron chi connectivity index (χ1n) is 5.90. The van der Waals surface area contributed by atoms with Gasteiger partial charge < -0.3 is 5.11 Å². The van der Waals surface area contributed by atoms with Crippen LogP contribution in [0.15, 0.2) is 46.9 Å². The Kier molecular flexibility index (Phi) is 4.49. The van der Waals surface area contributed by atoms with Gasteiger partial charge in [-0.3, -0.25) is 4.79 Å². The summed E-state index contributed by atoms with van der Waals surface area (Å²) in [5.41, 5.74) is 0.602. The van der Waals surface area contributed by atoms with Crippen LogP contribution >= 0.6 is 15.9 Å². The minimum atomic E-state index is -1.07. The Morgan fingerprint density at radius 3 is 2.40 bits per heavy atom. The summed E-state index contributed by atoms with van der Waals surface area (Å²) in [7, 11) is 0. The first-order chi connectivity index (χ1) is 9.49. The summed E-state index contributed by atoms with van der Waals surface area (Å²) in [6, 6.07) is 10.5. The smallest absolute Gasteiger partial charge is 0.311 e. The molecule has 0 aliphatic heterocycles. The molecule has 0 bridgehead atoms. The number of carboxylic acid groups (broad SMARTS) is 1. The predicted molar refractivity (Wildman–Crippen MR) is 74.6 cm³/mol. The summed E-state index contributed by atoms with van der Waals surface area (Å²) < 4.78 is 27.6. The van der Waals surface area contributed by atoms with Crippen molar-refractivity contribution >= 4 is 21.9 Å². The Morgan fingerprint density at radius 1 is 1.15 bits per heavy atom. The molecule has 0 saturated heterocycles. The highest BCUT2D eigenvalue weighted by atomic mass is 79.9. The van der Waals surface area contributed by atoms with E-state index in [1.807, 2.05) is 0 Å². The lowest BCUT2D eigenvalue weighted by Gasteiger charge is -2.13. The Labute approximate surface area is 123 Å². The van der Waals surface area contributed by atoms with E-state index in [9.17, 15) is 18.7 Å². The van der Waals surface area contributed by atoms with Crippen molar-refractivity contribution < 1.29 is 18.7 Å². The minimum Gasteiger partial charge on any atom is -0.481 e. The maximum atomic E-state index is 13.6. The van der Waals surface area contributed by atoms with Gasteiger partial charge in [-0.05, 0) is 35.7 Å². The van der Waals surface area contributed by atoms with Gasteiger partial charge in [0, 0.05) is 4.47 Å². The molecule has 0 aromatic heterocycles. The quantitative estimate of drug-likeness (QED) is 0.908. The van der Waals surface area contributed by atoms with Crippen LogP contribution in [0.4, 0.5) is 8.78 Å². The molecule has 20 heavy (non-hydrogen) atoms. The normalized spacial score (nSPS) is 12.2. The third kappa shape index (κ3) is 3.22. The Bertz CT molecular complexity index is 626. The molecule has 2 rings (SSSR count). The monoisotopic (exact) mass is 340 g/mol. The molecular formula is C15H11BrF2O2. The molecular weight excluding hydrogens is 330 g/mol. The van der Waals surface area contributed by atoms with E-state index in [2.05, 4.69) is 15.9 Å². The molecule has 0 heterocycles. The van der Waals surface area contributed by atoms with Gasteiger partial charge in [-0.2, -0.15) is 0 Å². The Morgan fingerprint density at radius 2 is 1.80 bits per heavy atom. The Hall–Kier alpha value is -1.75. The van der Waals surface area contributed by atoms with Gasteiger partial charge in [0.25, 0.3) is 0 Å². The zero-order chi connectivity index (χ0) is 14.7. The van der Waals surface area contributed by atoms with Gasteiger partial charge in [0.05, 0.1) is 5.92 Å². The highest BCUT2D eigenvalue weighted by molar-refractivity contribution is 9.10. The molecule has 0 saturated carbocycles. The Balaban J connectivity index is 2.33. The topological polar surface area (TPSA) is 37.3 Å². The maximum absolute atomic E-state index is 13.6. The second-order valence-corrected chi connectivity index (χ2v) is 5.28. The number of hydrogen-bond donors (Lipinski definition) is 1. The number of carbonyl (C=O) groups is 1. The van der Waals surface area contributed by atoms with Crippen LogP contribution < -0.4 is 0 Å². The van der Waals surface area contributed by atoms with Gasteiger partial charge in [0.1, 0.15) is 0 Å². The molecule has 2 nitrogen and oxygen atoms in total. The van der Waals surface area contributed by atoms with Crippen LogP contribution in [0, 0.1) is 11.6 Å². The van der Waals surface area contributed by atoms with E-state index in [1.54, 1.807) is 24.3 Å². The van der Waals surface area contributed by atoms with Crippen LogP contribution in [-0.2, 0) is 11.2 Å². The molecule has 104 valence electrons. The molecule has 0 spiro atoms. The number of rotatable bonds is 4. The van der Waals surface area contributed by atoms with E-state index in [0.29, 0.717) is 5.56 Å². The van der Waals surface area contributed by atoms with Gasteiger partial charge in [0.2, 0.25) is 0 Å². The van der Waals surface area contributed by atoms with E-state index in [1.165, 1.54) is 12.1 Å². The highest BCUT2D eigenvalue weighted by Gasteiger charge is 2.22. The summed E-state index contributed by atoms with van der Waals surface area (Å²) in [5, 5.41) is 9.29. The third-order valence-electron chi connectivity index (χ3n) is 3.03. The van der Waals surface area contributed by atoms with Gasteiger partial charge in [-0.25, -0.2) is 8.78 Å². The molecule has 0 aliphatic rings. The molecule has 1 N–H and O–H groups in total. The molecule has 1 unspecified atom stereocenters. The van der Waals surface area contributed by atoms with Crippen molar-refractivity contribution in [3.05, 3.63) is 69.7 Å². The first-order valence-corrected chi connectivity index (χ1v) is 6.69. The van der Waals surface area contributed by atoms with Crippen LogP contribution in [-0.4, -0.2) is 11.1 Å². The molecule has 1 atom stereocenters. The van der Waals surface area contributed by atoms with Crippen LogP contribution in [0.25, 0.3) is 0 Å². The van der Waals surface area contributed by atoms with Crippen molar-refractivity contribution in [3.63, 3.8) is 0 Å². The van der Waals surface area contributed by atoms with E-state index in [0.717, 1.165) is 10.5 Å². The fourth-order valence-corrected chi connectivity index (χ4v) is 2.23. The minimum absolute atomic E-state index is 0.0559. The maximum Gasteiger partial charge on any atom is 0.311 e. The number of halogens is 3. The first kappa shape index (κ1) is 14.7. The summed E-state index contributed by atoms with van der Waals surface area (Å²) >= 11 is 3.26. The molecule has 2 aromatic rings. The number of hydrogen-bond acceptors (Lipinski definition) is 1. The lowest BCUT2D eigenvalue weighted by molar-refractivity contribution is -0.138. The van der Waals surface area contributed by atoms with E-state index >= 15 is 0 Å². The highest BCUT2D eigenvalue weighted by Crippen LogP contribution is 2.25. The fraction of sp³-hybridized carbons (Fsp3) is 0.133. The van der Waals surface area contributed by atoms with E-state index in [4.69, 9.17) is 0 Å². The molecule has 2 aromatic carbocycles. The molecule has 0 aliphatic carbocycles. The van der Waals surface area contributed by atoms with E-state index < -0.39 is 23.5 Å². The SMILES string of the molecule is O=C(O)C(Cc1cccc(F)c1F)c1ccc(Br)cc1. The van der Waals surface area contributed by atoms with Gasteiger partial charge in [-0.1, -0.05) is 40.2 Å². The standard InChI is InChI=1S/C15H11BrF2O2/c16-11-6-4-9(5-7-11)12(15(19)20)8-10-2-1-3-13(17)14(10)18/h1-7,12H,8H2,(H,19,20). The van der Waals surface area contributed by atoms with Crippen LogP contribution in [0.5, 0.6) is 0 Å². The third-order valence-corrected chi connectivity index (χ3v) is 3.55. The molecule has 0 radical (unpaired) electrons. The summed E-state index contributed by atoms with van der Waals surface area (Å²) in [6.45, 7) is 0. The van der Waals surface area contributed by atoms with Crippen molar-refractivity contribution in [2.75, 3.05) is 0 Å². The summed E-state index contributed by atoms with van der Waals surface area (Å²) in [5.74, 6) is -3.95. The largest absolute Gasteiger partial charge is 0.481 e. The van der Waals surface area contributed by atoms with Crippen molar-refractivity contribution in [1.29, 1.82) is 0 Å². The van der Waals surface area contributed by atoms with Crippen LogP contribution in [0.2, 0.25) is 0 Å². The zero-order valence-corrected chi connectivity index (χ0v) is 11.9. The second-order valence-electron chi connectivity index (χ2n) is 4.36. The molecule has 0 fully saturated rings. The van der Waals surface area contributed by atoms with Crippen LogP contribution in [0.3, 0.4) is 0 Å². The number of aliphatic carboxylic acids is 1. The van der Waals surface area contributed by atoms with Crippen molar-refractivity contribution in [2.45, 2.75) is 12.3 Å². The second kappa shape index (κ2) is 6.13. The fourth-order valence-electron chi connectivity index (χ4n) is 1.97. The zero-order valence-electron chi connectivity index (χ0n) is 10.3.